The second kappa shape index (κ2) is 3.86. The van der Waals surface area contributed by atoms with Crippen LogP contribution in [-0.4, -0.2) is 61.7 Å². The van der Waals surface area contributed by atoms with Gasteiger partial charge >= 0.3 is 0 Å². The lowest BCUT2D eigenvalue weighted by Gasteiger charge is -2.40. The quantitative estimate of drug-likeness (QED) is 0.262. The van der Waals surface area contributed by atoms with Crippen LogP contribution in [0.4, 0.5) is 0 Å². The van der Waals surface area contributed by atoms with Crippen LogP contribution >= 0.6 is 7.37 Å². The lowest BCUT2D eigenvalue weighted by Crippen LogP contribution is -2.57. The predicted molar refractivity (Wildman–Crippen MR) is 46.7 cm³/mol. The molecule has 14 heavy (non-hydrogen) atoms. The van der Waals surface area contributed by atoms with Gasteiger partial charge in [0.1, 0.15) is 12.2 Å². The first-order chi connectivity index (χ1) is 6.34. The fraction of sp³-hybridized carbons (Fsp3) is 1.00. The van der Waals surface area contributed by atoms with Crippen LogP contribution < -0.4 is 5.73 Å². The Labute approximate surface area is 80.2 Å². The molecule has 0 aromatic carbocycles. The maximum Gasteiger partial charge on any atom is 0.237 e. The molecule has 0 amide bonds. The van der Waals surface area contributed by atoms with Crippen LogP contribution in [0, 0.1) is 0 Å². The van der Waals surface area contributed by atoms with Crippen LogP contribution in [0.1, 0.15) is 0 Å². The minimum atomic E-state index is -4.17. The summed E-state index contributed by atoms with van der Waals surface area (Å²) in [5, 5.41) is 36.9. The molecule has 0 aliphatic carbocycles. The molecule has 0 bridgehead atoms. The molecule has 8 heteroatoms. The zero-order valence-electron chi connectivity index (χ0n) is 7.26. The molecule has 1 saturated heterocycles. The van der Waals surface area contributed by atoms with Crippen molar-refractivity contribution in [1.29, 1.82) is 0 Å². The Morgan fingerprint density at radius 1 is 1.07 bits per heavy atom. The molecule has 6 atom stereocenters. The Kier molecular flexibility index (Phi) is 3.33. The van der Waals surface area contributed by atoms with Crippen LogP contribution in [0.15, 0.2) is 0 Å². The predicted octanol–water partition coefficient (Wildman–Crippen LogP) is -3.00. The van der Waals surface area contributed by atoms with Gasteiger partial charge in [-0.15, -0.1) is 0 Å². The third-order valence-corrected chi connectivity index (χ3v) is 5.03. The van der Waals surface area contributed by atoms with Crippen molar-refractivity contribution in [2.45, 2.75) is 29.8 Å². The van der Waals surface area contributed by atoms with E-state index in [9.17, 15) is 24.8 Å². The minimum absolute atomic E-state index is 0.351. The molecule has 1 aliphatic rings. The molecule has 0 saturated carbocycles. The Bertz CT molecular complexity index is 261. The van der Waals surface area contributed by atoms with Gasteiger partial charge in [0.25, 0.3) is 0 Å². The fourth-order valence-corrected chi connectivity index (χ4v) is 3.45. The highest BCUT2D eigenvalue weighted by molar-refractivity contribution is 7.59. The highest BCUT2D eigenvalue weighted by atomic mass is 31.2. The molecule has 7 nitrogen and oxygen atoms in total. The summed E-state index contributed by atoms with van der Waals surface area (Å²) in [4.78, 5) is 9.36. The maximum absolute atomic E-state index is 11.5. The van der Waals surface area contributed by atoms with Crippen molar-refractivity contribution < 1.29 is 29.9 Å². The van der Waals surface area contributed by atoms with E-state index < -0.39 is 37.2 Å². The largest absolute Gasteiger partial charge is 0.389 e. The summed E-state index contributed by atoms with van der Waals surface area (Å²) in [5.74, 6) is -1.96. The zero-order chi connectivity index (χ0) is 11.1. The summed E-state index contributed by atoms with van der Waals surface area (Å²) in [7, 11) is -4.17. The number of rotatable bonds is 1. The van der Waals surface area contributed by atoms with Crippen molar-refractivity contribution in [3.63, 3.8) is 0 Å². The van der Waals surface area contributed by atoms with Crippen LogP contribution in [0.5, 0.6) is 0 Å². The topological polar surface area (TPSA) is 144 Å². The molecular weight excluding hydrogens is 213 g/mol. The lowest BCUT2D eigenvalue weighted by atomic mass is 10.0. The molecule has 0 aromatic heterocycles. The van der Waals surface area contributed by atoms with Gasteiger partial charge in [-0.3, -0.25) is 4.57 Å². The minimum Gasteiger partial charge on any atom is -0.389 e. The van der Waals surface area contributed by atoms with Gasteiger partial charge in [0.05, 0.1) is 11.8 Å². The number of hydrogen-bond acceptors (Lipinski definition) is 6. The summed E-state index contributed by atoms with van der Waals surface area (Å²) in [5.41, 5.74) is 3.83. The van der Waals surface area contributed by atoms with E-state index in [1.807, 2.05) is 0 Å². The molecule has 1 rings (SSSR count). The fourth-order valence-electron chi connectivity index (χ4n) is 1.53. The van der Waals surface area contributed by atoms with Gasteiger partial charge in [0.2, 0.25) is 7.37 Å². The van der Waals surface area contributed by atoms with Crippen molar-refractivity contribution in [2.75, 3.05) is 6.54 Å². The number of nitrogens with two attached hydrogens (primary N) is 1. The van der Waals surface area contributed by atoms with Crippen molar-refractivity contribution >= 4 is 7.37 Å². The van der Waals surface area contributed by atoms with Gasteiger partial charge in [-0.2, -0.15) is 0 Å². The molecule has 0 spiro atoms. The van der Waals surface area contributed by atoms with Gasteiger partial charge < -0.3 is 31.1 Å². The Morgan fingerprint density at radius 3 is 2.00 bits per heavy atom. The van der Waals surface area contributed by atoms with Crippen molar-refractivity contribution in [3.8, 4) is 0 Å². The maximum atomic E-state index is 11.5. The molecule has 0 aromatic rings. The molecule has 7 N–H and O–H groups in total. The summed E-state index contributed by atoms with van der Waals surface area (Å²) in [6.45, 7) is -0.351. The van der Waals surface area contributed by atoms with Crippen LogP contribution in [0.3, 0.4) is 0 Å². The molecule has 2 unspecified atom stereocenters. The lowest BCUT2D eigenvalue weighted by molar-refractivity contribution is -0.101. The van der Waals surface area contributed by atoms with Gasteiger partial charge in [0, 0.05) is 6.54 Å². The number of aliphatic hydroxyl groups excluding tert-OH is 4. The first kappa shape index (κ1) is 12.1. The average Bonchev–Trinajstić information content (AvgIpc) is 2.13. The highest BCUT2D eigenvalue weighted by Gasteiger charge is 2.54. The molecule has 84 valence electrons. The zero-order valence-corrected chi connectivity index (χ0v) is 8.16. The second-order valence-electron chi connectivity index (χ2n) is 3.36. The first-order valence-electron chi connectivity index (χ1n) is 4.08. The van der Waals surface area contributed by atoms with Gasteiger partial charge in [-0.05, 0) is 0 Å². The van der Waals surface area contributed by atoms with Gasteiger partial charge in [-0.1, -0.05) is 0 Å². The SMILES string of the molecule is NC[C@@H]1[C@@H](O)[C@H](O)[C@@H](O)C(O)P1(=O)O. The molecule has 1 fully saturated rings. The van der Waals surface area contributed by atoms with Crippen molar-refractivity contribution in [3.05, 3.63) is 0 Å². The summed E-state index contributed by atoms with van der Waals surface area (Å²) in [6, 6.07) is 0. The first-order valence-corrected chi connectivity index (χ1v) is 5.88. The van der Waals surface area contributed by atoms with E-state index in [4.69, 9.17) is 10.8 Å². The van der Waals surface area contributed by atoms with E-state index in [-0.39, 0.29) is 6.54 Å². The van der Waals surface area contributed by atoms with E-state index in [0.29, 0.717) is 0 Å². The summed E-state index contributed by atoms with van der Waals surface area (Å²) in [6.07, 6.45) is -5.09. The van der Waals surface area contributed by atoms with Gasteiger partial charge in [0.15, 0.2) is 5.85 Å². The second-order valence-corrected chi connectivity index (χ2v) is 5.90. The third kappa shape index (κ3) is 1.61. The van der Waals surface area contributed by atoms with Crippen molar-refractivity contribution in [1.82, 2.24) is 0 Å². The van der Waals surface area contributed by atoms with E-state index in [2.05, 4.69) is 0 Å². The highest BCUT2D eigenvalue weighted by Crippen LogP contribution is 2.56. The number of aliphatic hydroxyl groups is 4. The van der Waals surface area contributed by atoms with Gasteiger partial charge in [-0.25, -0.2) is 0 Å². The van der Waals surface area contributed by atoms with Crippen LogP contribution in [0.2, 0.25) is 0 Å². The van der Waals surface area contributed by atoms with Crippen LogP contribution in [-0.2, 0) is 4.57 Å². The summed E-state index contributed by atoms with van der Waals surface area (Å²) < 4.78 is 11.5. The Morgan fingerprint density at radius 2 is 1.57 bits per heavy atom. The van der Waals surface area contributed by atoms with E-state index in [1.54, 1.807) is 0 Å². The molecule has 1 aliphatic heterocycles. The van der Waals surface area contributed by atoms with E-state index in [1.165, 1.54) is 0 Å². The smallest absolute Gasteiger partial charge is 0.237 e. The molecule has 1 heterocycles. The average molecular weight is 227 g/mol. The Hall–Kier alpha value is -0.0100. The van der Waals surface area contributed by atoms with Crippen LogP contribution in [0.25, 0.3) is 0 Å². The number of hydrogen-bond donors (Lipinski definition) is 6. The standard InChI is InChI=1S/C6H14NO6P/c7-1-2-3(8)4(9)5(10)6(11)14(2,12)13/h2-6,8-11H,1,7H2,(H,12,13)/t2-,3-,4+,5-,6?/m1/s1. The normalized spacial score (nSPS) is 54.6. The monoisotopic (exact) mass is 227 g/mol. The van der Waals surface area contributed by atoms with Crippen molar-refractivity contribution in [2.24, 2.45) is 5.73 Å². The van der Waals surface area contributed by atoms with E-state index >= 15 is 0 Å². The summed E-state index contributed by atoms with van der Waals surface area (Å²) >= 11 is 0. The molecule has 0 radical (unpaired) electrons. The molecular formula is C6H14NO6P. The Balaban J connectivity index is 3.03. The van der Waals surface area contributed by atoms with E-state index in [0.717, 1.165) is 0 Å². The third-order valence-electron chi connectivity index (χ3n) is 2.50.